The molecule has 0 atom stereocenters. The van der Waals surface area contributed by atoms with Crippen molar-refractivity contribution < 1.29 is 4.74 Å². The molecule has 1 aliphatic heterocycles. The van der Waals surface area contributed by atoms with Crippen LogP contribution in [0.2, 0.25) is 5.02 Å². The van der Waals surface area contributed by atoms with Gasteiger partial charge in [0.05, 0.1) is 6.61 Å². The smallest absolute Gasteiger partial charge is 0.127 e. The fourth-order valence-electron chi connectivity index (χ4n) is 3.09. The second-order valence-corrected chi connectivity index (χ2v) is 6.56. The molecule has 1 aromatic carbocycles. The first-order chi connectivity index (χ1) is 9.78. The van der Waals surface area contributed by atoms with Gasteiger partial charge in [0.1, 0.15) is 5.75 Å². The van der Waals surface area contributed by atoms with E-state index in [4.69, 9.17) is 27.9 Å². The fraction of sp³-hybridized carbons (Fsp3) is 0.625. The van der Waals surface area contributed by atoms with Crippen molar-refractivity contribution in [3.05, 3.63) is 28.3 Å². The molecule has 1 heterocycles. The predicted octanol–water partition coefficient (Wildman–Crippen LogP) is 4.26. The molecule has 0 radical (unpaired) electrons. The molecule has 2 nitrogen and oxygen atoms in total. The first kappa shape index (κ1) is 14.5. The Labute approximate surface area is 131 Å². The van der Waals surface area contributed by atoms with Crippen LogP contribution >= 0.6 is 23.2 Å². The number of rotatable bonds is 6. The molecule has 0 bridgehead atoms. The van der Waals surface area contributed by atoms with Crippen molar-refractivity contribution in [1.82, 2.24) is 4.90 Å². The van der Waals surface area contributed by atoms with Gasteiger partial charge in [0.25, 0.3) is 0 Å². The Kier molecular flexibility index (Phi) is 4.75. The topological polar surface area (TPSA) is 12.5 Å². The first-order valence-electron chi connectivity index (χ1n) is 7.52. The maximum Gasteiger partial charge on any atom is 0.127 e. The summed E-state index contributed by atoms with van der Waals surface area (Å²) in [7, 11) is 0. The highest BCUT2D eigenvalue weighted by molar-refractivity contribution is 6.30. The third-order valence-corrected chi connectivity index (χ3v) is 4.85. The maximum absolute atomic E-state index is 6.25. The molecule has 1 fully saturated rings. The number of halogens is 2. The van der Waals surface area contributed by atoms with Crippen molar-refractivity contribution in [2.24, 2.45) is 0 Å². The van der Waals surface area contributed by atoms with Crippen LogP contribution in [0.5, 0.6) is 5.75 Å². The average molecular weight is 314 g/mol. The van der Waals surface area contributed by atoms with Gasteiger partial charge in [-0.25, -0.2) is 0 Å². The molecule has 1 aliphatic carbocycles. The van der Waals surface area contributed by atoms with Crippen LogP contribution in [-0.2, 0) is 13.0 Å². The van der Waals surface area contributed by atoms with E-state index in [9.17, 15) is 0 Å². The van der Waals surface area contributed by atoms with Crippen molar-refractivity contribution in [1.29, 1.82) is 0 Å². The number of fused-ring (bicyclic) bond motifs is 1. The average Bonchev–Trinajstić information content (AvgIpc) is 2.81. The van der Waals surface area contributed by atoms with Crippen LogP contribution in [0, 0.1) is 0 Å². The van der Waals surface area contributed by atoms with E-state index >= 15 is 0 Å². The summed E-state index contributed by atoms with van der Waals surface area (Å²) in [5.41, 5.74) is 2.50. The lowest BCUT2D eigenvalue weighted by molar-refractivity contribution is 0.119. The van der Waals surface area contributed by atoms with E-state index in [1.807, 2.05) is 6.07 Å². The van der Waals surface area contributed by atoms with E-state index in [1.165, 1.54) is 30.4 Å². The summed E-state index contributed by atoms with van der Waals surface area (Å²) >= 11 is 12.1. The third-order valence-electron chi connectivity index (χ3n) is 4.37. The van der Waals surface area contributed by atoms with Gasteiger partial charge >= 0.3 is 0 Å². The molecular weight excluding hydrogens is 293 g/mol. The van der Waals surface area contributed by atoms with Gasteiger partial charge in [-0.15, -0.1) is 11.6 Å². The first-order valence-corrected chi connectivity index (χ1v) is 8.43. The lowest BCUT2D eigenvalue weighted by Crippen LogP contribution is -2.40. The van der Waals surface area contributed by atoms with Crippen molar-refractivity contribution in [2.45, 2.75) is 44.7 Å². The Morgan fingerprint density at radius 3 is 2.85 bits per heavy atom. The zero-order chi connectivity index (χ0) is 13.9. The predicted molar refractivity (Wildman–Crippen MR) is 84.0 cm³/mol. The second-order valence-electron chi connectivity index (χ2n) is 5.75. The third kappa shape index (κ3) is 3.08. The molecule has 110 valence electrons. The van der Waals surface area contributed by atoms with Gasteiger partial charge in [0.15, 0.2) is 0 Å². The molecule has 4 heteroatoms. The number of alkyl halides is 1. The van der Waals surface area contributed by atoms with Crippen LogP contribution in [0.25, 0.3) is 0 Å². The molecular formula is C16H21Cl2NO. The molecule has 1 saturated carbocycles. The van der Waals surface area contributed by atoms with E-state index in [2.05, 4.69) is 11.0 Å². The highest BCUT2D eigenvalue weighted by atomic mass is 35.5. The van der Waals surface area contributed by atoms with Crippen molar-refractivity contribution >= 4 is 23.2 Å². The number of nitrogens with zero attached hydrogens (tertiary/aromatic N) is 1. The molecule has 3 rings (SSSR count). The van der Waals surface area contributed by atoms with Crippen LogP contribution in [-0.4, -0.2) is 30.0 Å². The Hall–Kier alpha value is -0.440. The number of benzene rings is 1. The largest absolute Gasteiger partial charge is 0.493 e. The van der Waals surface area contributed by atoms with Crippen molar-refractivity contribution in [2.75, 3.05) is 19.0 Å². The van der Waals surface area contributed by atoms with E-state index in [-0.39, 0.29) is 0 Å². The number of hydrogen-bond acceptors (Lipinski definition) is 2. The summed E-state index contributed by atoms with van der Waals surface area (Å²) in [5.74, 6) is 1.80. The minimum Gasteiger partial charge on any atom is -0.493 e. The highest BCUT2D eigenvalue weighted by Crippen LogP contribution is 2.35. The SMILES string of the molecule is ClCCCN(Cc1cc(Cl)cc2c1OCC2)C1CCC1. The van der Waals surface area contributed by atoms with Crippen molar-refractivity contribution in [3.63, 3.8) is 0 Å². The Balaban J connectivity index is 1.77. The van der Waals surface area contributed by atoms with Gasteiger partial charge < -0.3 is 4.74 Å². The molecule has 20 heavy (non-hydrogen) atoms. The Morgan fingerprint density at radius 1 is 1.30 bits per heavy atom. The van der Waals surface area contributed by atoms with Crippen LogP contribution in [0.1, 0.15) is 36.8 Å². The van der Waals surface area contributed by atoms with Crippen molar-refractivity contribution in [3.8, 4) is 5.75 Å². The van der Waals surface area contributed by atoms with Gasteiger partial charge in [0.2, 0.25) is 0 Å². The molecule has 0 spiro atoms. The van der Waals surface area contributed by atoms with Crippen LogP contribution in [0.4, 0.5) is 0 Å². The summed E-state index contributed by atoms with van der Waals surface area (Å²) in [4.78, 5) is 2.56. The van der Waals surface area contributed by atoms with E-state index in [0.29, 0.717) is 6.04 Å². The molecule has 1 aromatic rings. The Bertz CT molecular complexity index is 474. The highest BCUT2D eigenvalue weighted by Gasteiger charge is 2.26. The second kappa shape index (κ2) is 6.55. The van der Waals surface area contributed by atoms with Gasteiger partial charge in [-0.3, -0.25) is 4.90 Å². The fourth-order valence-corrected chi connectivity index (χ4v) is 3.47. The minimum atomic E-state index is 0.717. The molecule has 0 amide bonds. The monoisotopic (exact) mass is 313 g/mol. The van der Waals surface area contributed by atoms with Gasteiger partial charge in [-0.1, -0.05) is 18.0 Å². The van der Waals surface area contributed by atoms with E-state index < -0.39 is 0 Å². The number of ether oxygens (including phenoxy) is 1. The zero-order valence-electron chi connectivity index (χ0n) is 11.7. The molecule has 0 aromatic heterocycles. The van der Waals surface area contributed by atoms with Crippen LogP contribution < -0.4 is 4.74 Å². The summed E-state index contributed by atoms with van der Waals surface area (Å²) in [6, 6.07) is 4.83. The lowest BCUT2D eigenvalue weighted by atomic mass is 9.91. The quantitative estimate of drug-likeness (QED) is 0.728. The normalized spacial score (nSPS) is 17.9. The summed E-state index contributed by atoms with van der Waals surface area (Å²) in [5, 5.41) is 0.829. The lowest BCUT2D eigenvalue weighted by Gasteiger charge is -2.37. The van der Waals surface area contributed by atoms with Crippen LogP contribution in [0.3, 0.4) is 0 Å². The zero-order valence-corrected chi connectivity index (χ0v) is 13.2. The molecule has 2 aliphatic rings. The van der Waals surface area contributed by atoms with Gasteiger partial charge in [0, 0.05) is 35.5 Å². The number of hydrogen-bond donors (Lipinski definition) is 0. The summed E-state index contributed by atoms with van der Waals surface area (Å²) in [6.07, 6.45) is 6.00. The van der Waals surface area contributed by atoms with E-state index in [0.717, 1.165) is 49.2 Å². The molecule has 0 saturated heterocycles. The minimum absolute atomic E-state index is 0.717. The Morgan fingerprint density at radius 2 is 2.15 bits per heavy atom. The molecule has 0 N–H and O–H groups in total. The standard InChI is InChI=1S/C16H21Cl2NO/c17-6-2-7-19(15-3-1-4-15)11-13-10-14(18)9-12-5-8-20-16(12)13/h9-10,15H,1-8,11H2. The summed E-state index contributed by atoms with van der Waals surface area (Å²) < 4.78 is 5.81. The summed E-state index contributed by atoms with van der Waals surface area (Å²) in [6.45, 7) is 2.79. The van der Waals surface area contributed by atoms with Gasteiger partial charge in [-0.05, 0) is 43.5 Å². The van der Waals surface area contributed by atoms with E-state index in [1.54, 1.807) is 0 Å². The van der Waals surface area contributed by atoms with Crippen LogP contribution in [0.15, 0.2) is 12.1 Å². The maximum atomic E-state index is 6.25. The van der Waals surface area contributed by atoms with Gasteiger partial charge in [-0.2, -0.15) is 0 Å². The molecule has 0 unspecified atom stereocenters.